The molecule has 6 nitrogen and oxygen atoms in total. The standard InChI is InChI=1S/C19H32N4O2S.HI/c1-15(23-7-3-17-16(12-23)4-10-26-17)11-21-18(20-2)22-13-19(5-8-24)6-9-25-14-19;/h4,10,15,24H,3,5-9,11-14H2,1-2H3,(H2,20,21,22);1H. The minimum atomic E-state index is 0. The van der Waals surface area contributed by atoms with E-state index in [0.717, 1.165) is 58.0 Å². The van der Waals surface area contributed by atoms with E-state index in [1.54, 1.807) is 4.88 Å². The first kappa shape index (κ1) is 22.9. The summed E-state index contributed by atoms with van der Waals surface area (Å²) in [7, 11) is 1.81. The molecule has 0 aliphatic carbocycles. The number of nitrogens with one attached hydrogen (secondary N) is 2. The van der Waals surface area contributed by atoms with Crippen LogP contribution in [0.1, 0.15) is 30.2 Å². The van der Waals surface area contributed by atoms with Crippen LogP contribution in [0.3, 0.4) is 0 Å². The number of halogens is 1. The maximum Gasteiger partial charge on any atom is 0.191 e. The Morgan fingerprint density at radius 1 is 1.48 bits per heavy atom. The number of aliphatic hydroxyl groups is 1. The molecule has 1 saturated heterocycles. The Morgan fingerprint density at radius 2 is 2.33 bits per heavy atom. The van der Waals surface area contributed by atoms with E-state index < -0.39 is 0 Å². The summed E-state index contributed by atoms with van der Waals surface area (Å²) in [4.78, 5) is 8.44. The number of hydrogen-bond acceptors (Lipinski definition) is 5. The average molecular weight is 508 g/mol. The van der Waals surface area contributed by atoms with Gasteiger partial charge in [0.05, 0.1) is 6.61 Å². The van der Waals surface area contributed by atoms with Gasteiger partial charge < -0.3 is 20.5 Å². The van der Waals surface area contributed by atoms with Gasteiger partial charge in [0.25, 0.3) is 0 Å². The molecule has 0 saturated carbocycles. The maximum absolute atomic E-state index is 9.35. The molecule has 0 amide bonds. The van der Waals surface area contributed by atoms with Crippen LogP contribution < -0.4 is 10.6 Å². The number of aliphatic imine (C=N–C) groups is 1. The lowest BCUT2D eigenvalue weighted by atomic mass is 9.84. The topological polar surface area (TPSA) is 69.1 Å². The van der Waals surface area contributed by atoms with Crippen LogP contribution in [0.25, 0.3) is 0 Å². The summed E-state index contributed by atoms with van der Waals surface area (Å²) in [5.74, 6) is 0.828. The lowest BCUT2D eigenvalue weighted by molar-refractivity contribution is 0.127. The van der Waals surface area contributed by atoms with E-state index in [9.17, 15) is 5.11 Å². The van der Waals surface area contributed by atoms with Crippen LogP contribution in [0.15, 0.2) is 16.4 Å². The Bertz CT molecular complexity index is 604. The molecule has 1 fully saturated rings. The molecular formula is C19H33IN4O2S. The quantitative estimate of drug-likeness (QED) is 0.299. The van der Waals surface area contributed by atoms with Crippen molar-refractivity contribution in [3.63, 3.8) is 0 Å². The summed E-state index contributed by atoms with van der Waals surface area (Å²) in [6.07, 6.45) is 2.92. The fraction of sp³-hybridized carbons (Fsp3) is 0.737. The van der Waals surface area contributed by atoms with Crippen LogP contribution in [0.4, 0.5) is 0 Å². The molecule has 1 aromatic rings. The molecule has 2 aliphatic rings. The Kier molecular flexibility index (Phi) is 9.27. The van der Waals surface area contributed by atoms with Crippen LogP contribution in [0.5, 0.6) is 0 Å². The molecular weight excluding hydrogens is 475 g/mol. The lowest BCUT2D eigenvalue weighted by Gasteiger charge is -2.33. The van der Waals surface area contributed by atoms with E-state index in [1.807, 2.05) is 18.4 Å². The first-order chi connectivity index (χ1) is 12.7. The van der Waals surface area contributed by atoms with Crippen molar-refractivity contribution in [1.82, 2.24) is 15.5 Å². The zero-order chi connectivity index (χ0) is 18.4. The number of aliphatic hydroxyl groups excluding tert-OH is 1. The first-order valence-electron chi connectivity index (χ1n) is 9.58. The molecule has 3 heterocycles. The van der Waals surface area contributed by atoms with Crippen molar-refractivity contribution in [2.45, 2.75) is 38.8 Å². The zero-order valence-electron chi connectivity index (χ0n) is 16.4. The summed E-state index contributed by atoms with van der Waals surface area (Å²) in [6.45, 7) is 7.79. The molecule has 0 radical (unpaired) electrons. The number of thiophene rings is 1. The van der Waals surface area contributed by atoms with Crippen LogP contribution in [-0.2, 0) is 17.7 Å². The van der Waals surface area contributed by atoms with Gasteiger partial charge in [-0.15, -0.1) is 35.3 Å². The van der Waals surface area contributed by atoms with Gasteiger partial charge in [0.2, 0.25) is 0 Å². The molecule has 0 spiro atoms. The Balaban J connectivity index is 0.00000261. The number of fused-ring (bicyclic) bond motifs is 1. The minimum absolute atomic E-state index is 0. The highest BCUT2D eigenvalue weighted by Gasteiger charge is 2.34. The monoisotopic (exact) mass is 508 g/mol. The summed E-state index contributed by atoms with van der Waals surface area (Å²) in [5, 5.41) is 18.5. The van der Waals surface area contributed by atoms with E-state index in [2.05, 4.69) is 38.9 Å². The number of hydrogen-bond donors (Lipinski definition) is 3. The summed E-state index contributed by atoms with van der Waals surface area (Å²) in [6, 6.07) is 2.71. The minimum Gasteiger partial charge on any atom is -0.396 e. The number of nitrogens with zero attached hydrogens (tertiary/aromatic N) is 2. The van der Waals surface area contributed by atoms with Gasteiger partial charge in [-0.3, -0.25) is 9.89 Å². The second kappa shape index (κ2) is 10.9. The van der Waals surface area contributed by atoms with E-state index in [1.165, 1.54) is 5.56 Å². The molecule has 0 bridgehead atoms. The summed E-state index contributed by atoms with van der Waals surface area (Å²) >= 11 is 1.88. The van der Waals surface area contributed by atoms with Crippen molar-refractivity contribution in [2.75, 3.05) is 46.5 Å². The van der Waals surface area contributed by atoms with E-state index in [0.29, 0.717) is 12.6 Å². The molecule has 27 heavy (non-hydrogen) atoms. The van der Waals surface area contributed by atoms with Gasteiger partial charge in [-0.1, -0.05) is 0 Å². The number of ether oxygens (including phenoxy) is 1. The highest BCUT2D eigenvalue weighted by atomic mass is 127. The molecule has 1 aromatic heterocycles. The largest absolute Gasteiger partial charge is 0.396 e. The maximum atomic E-state index is 9.35. The Labute approximate surface area is 183 Å². The third-order valence-corrected chi connectivity index (χ3v) is 6.73. The lowest BCUT2D eigenvalue weighted by Crippen LogP contribution is -2.49. The van der Waals surface area contributed by atoms with Gasteiger partial charge in [0, 0.05) is 62.8 Å². The second-order valence-electron chi connectivity index (χ2n) is 7.52. The van der Waals surface area contributed by atoms with Crippen molar-refractivity contribution in [3.8, 4) is 0 Å². The third kappa shape index (κ3) is 6.03. The van der Waals surface area contributed by atoms with Crippen molar-refractivity contribution in [2.24, 2.45) is 10.4 Å². The first-order valence-corrected chi connectivity index (χ1v) is 10.5. The third-order valence-electron chi connectivity index (χ3n) is 5.71. The highest BCUT2D eigenvalue weighted by Crippen LogP contribution is 2.31. The van der Waals surface area contributed by atoms with E-state index in [4.69, 9.17) is 4.74 Å². The Hall–Kier alpha value is -0.420. The fourth-order valence-electron chi connectivity index (χ4n) is 3.82. The normalized spacial score (nSPS) is 24.2. The highest BCUT2D eigenvalue weighted by molar-refractivity contribution is 14.0. The van der Waals surface area contributed by atoms with Crippen LogP contribution >= 0.6 is 35.3 Å². The van der Waals surface area contributed by atoms with E-state index >= 15 is 0 Å². The predicted molar refractivity (Wildman–Crippen MR) is 122 cm³/mol. The van der Waals surface area contributed by atoms with Gasteiger partial charge >= 0.3 is 0 Å². The molecule has 3 N–H and O–H groups in total. The molecule has 154 valence electrons. The number of rotatable bonds is 7. The van der Waals surface area contributed by atoms with Crippen molar-refractivity contribution >= 4 is 41.3 Å². The molecule has 2 aliphatic heterocycles. The fourth-order valence-corrected chi connectivity index (χ4v) is 4.71. The van der Waals surface area contributed by atoms with Crippen molar-refractivity contribution in [1.29, 1.82) is 0 Å². The van der Waals surface area contributed by atoms with E-state index in [-0.39, 0.29) is 36.0 Å². The summed E-state index contributed by atoms with van der Waals surface area (Å²) in [5.41, 5.74) is 1.52. The molecule has 2 unspecified atom stereocenters. The van der Waals surface area contributed by atoms with Gasteiger partial charge in [-0.05, 0) is 43.2 Å². The van der Waals surface area contributed by atoms with Crippen LogP contribution in [0, 0.1) is 5.41 Å². The molecule has 2 atom stereocenters. The van der Waals surface area contributed by atoms with Crippen molar-refractivity contribution in [3.05, 3.63) is 21.9 Å². The second-order valence-corrected chi connectivity index (χ2v) is 8.52. The average Bonchev–Trinajstić information content (AvgIpc) is 3.31. The van der Waals surface area contributed by atoms with Crippen molar-refractivity contribution < 1.29 is 9.84 Å². The summed E-state index contributed by atoms with van der Waals surface area (Å²) < 4.78 is 5.56. The molecule has 0 aromatic carbocycles. The number of guanidine groups is 1. The SMILES string of the molecule is CN=C(NCC(C)N1CCc2sccc2C1)NCC1(CCO)CCOC1.I. The van der Waals surface area contributed by atoms with Crippen LogP contribution in [0.2, 0.25) is 0 Å². The predicted octanol–water partition coefficient (Wildman–Crippen LogP) is 2.07. The smallest absolute Gasteiger partial charge is 0.191 e. The van der Waals surface area contributed by atoms with Gasteiger partial charge in [0.15, 0.2) is 5.96 Å². The zero-order valence-corrected chi connectivity index (χ0v) is 19.5. The van der Waals surface area contributed by atoms with Gasteiger partial charge in [-0.25, -0.2) is 0 Å². The van der Waals surface area contributed by atoms with Gasteiger partial charge in [0.1, 0.15) is 0 Å². The van der Waals surface area contributed by atoms with Gasteiger partial charge in [-0.2, -0.15) is 0 Å². The molecule has 3 rings (SSSR count). The Morgan fingerprint density at radius 3 is 3.04 bits per heavy atom. The van der Waals surface area contributed by atoms with Crippen LogP contribution in [-0.4, -0.2) is 68.5 Å². The molecule has 8 heteroatoms.